The van der Waals surface area contributed by atoms with Crippen molar-refractivity contribution in [3.63, 3.8) is 0 Å². The molecule has 0 atom stereocenters. The summed E-state index contributed by atoms with van der Waals surface area (Å²) in [5.41, 5.74) is 2.28. The third-order valence-electron chi connectivity index (χ3n) is 4.45. The summed E-state index contributed by atoms with van der Waals surface area (Å²) in [5, 5.41) is 7.49. The zero-order chi connectivity index (χ0) is 18.4. The van der Waals surface area contributed by atoms with E-state index in [-0.39, 0.29) is 0 Å². The zero-order valence-corrected chi connectivity index (χ0v) is 15.9. The molecule has 1 saturated heterocycles. The summed E-state index contributed by atoms with van der Waals surface area (Å²) in [6, 6.07) is 13.9. The van der Waals surface area contributed by atoms with E-state index >= 15 is 0 Å². The van der Waals surface area contributed by atoms with Gasteiger partial charge in [-0.1, -0.05) is 23.7 Å². The van der Waals surface area contributed by atoms with E-state index in [2.05, 4.69) is 27.1 Å². The van der Waals surface area contributed by atoms with E-state index in [4.69, 9.17) is 21.1 Å². The summed E-state index contributed by atoms with van der Waals surface area (Å²) in [5.74, 6) is 1.43. The maximum absolute atomic E-state index is 5.94. The molecule has 1 aliphatic rings. The smallest absolute Gasteiger partial charge is 0.161 e. The number of benzene rings is 2. The number of nitrogens with zero attached hydrogens (tertiary/aromatic N) is 3. The molecule has 0 radical (unpaired) electrons. The summed E-state index contributed by atoms with van der Waals surface area (Å²) in [6.45, 7) is 4.76. The van der Waals surface area contributed by atoms with Crippen LogP contribution in [0.2, 0.25) is 5.02 Å². The molecule has 0 bridgehead atoms. The molecule has 1 heterocycles. The number of hydrogen-bond acceptors (Lipinski definition) is 5. The van der Waals surface area contributed by atoms with Crippen LogP contribution in [0, 0.1) is 0 Å². The van der Waals surface area contributed by atoms with Crippen molar-refractivity contribution >= 4 is 17.8 Å². The largest absolute Gasteiger partial charge is 0.493 e. The van der Waals surface area contributed by atoms with Crippen LogP contribution in [0.1, 0.15) is 11.1 Å². The molecule has 5 nitrogen and oxygen atoms in total. The Morgan fingerprint density at radius 2 is 1.65 bits per heavy atom. The molecule has 0 amide bonds. The van der Waals surface area contributed by atoms with Gasteiger partial charge in [-0.05, 0) is 41.5 Å². The number of hydrazone groups is 1. The zero-order valence-electron chi connectivity index (χ0n) is 15.2. The van der Waals surface area contributed by atoms with Crippen molar-refractivity contribution in [3.05, 3.63) is 58.6 Å². The summed E-state index contributed by atoms with van der Waals surface area (Å²) < 4.78 is 10.6. The Hall–Kier alpha value is -2.24. The van der Waals surface area contributed by atoms with Gasteiger partial charge < -0.3 is 9.47 Å². The summed E-state index contributed by atoms with van der Waals surface area (Å²) in [4.78, 5) is 2.44. The van der Waals surface area contributed by atoms with Crippen LogP contribution in [-0.2, 0) is 6.54 Å². The molecule has 0 aromatic heterocycles. The fourth-order valence-corrected chi connectivity index (χ4v) is 3.07. The topological polar surface area (TPSA) is 37.3 Å². The second-order valence-electron chi connectivity index (χ2n) is 6.22. The van der Waals surface area contributed by atoms with Gasteiger partial charge >= 0.3 is 0 Å². The first kappa shape index (κ1) is 18.5. The van der Waals surface area contributed by atoms with Gasteiger partial charge in [-0.2, -0.15) is 5.10 Å². The van der Waals surface area contributed by atoms with Crippen LogP contribution in [0.5, 0.6) is 11.5 Å². The lowest BCUT2D eigenvalue weighted by Gasteiger charge is -2.33. The first-order chi connectivity index (χ1) is 12.7. The Morgan fingerprint density at radius 3 is 2.31 bits per heavy atom. The fourth-order valence-electron chi connectivity index (χ4n) is 2.94. The molecule has 26 heavy (non-hydrogen) atoms. The van der Waals surface area contributed by atoms with E-state index < -0.39 is 0 Å². The lowest BCUT2D eigenvalue weighted by molar-refractivity contribution is 0.131. The predicted molar refractivity (Wildman–Crippen MR) is 105 cm³/mol. The van der Waals surface area contributed by atoms with Gasteiger partial charge in [0.1, 0.15) is 0 Å². The first-order valence-electron chi connectivity index (χ1n) is 8.65. The van der Waals surface area contributed by atoms with Gasteiger partial charge in [0.15, 0.2) is 11.5 Å². The Morgan fingerprint density at radius 1 is 0.962 bits per heavy atom. The Balaban J connectivity index is 1.52. The first-order valence-corrected chi connectivity index (χ1v) is 9.03. The minimum Gasteiger partial charge on any atom is -0.493 e. The number of hydrogen-bond donors (Lipinski definition) is 0. The number of halogens is 1. The highest BCUT2D eigenvalue weighted by atomic mass is 35.5. The number of ether oxygens (including phenoxy) is 2. The predicted octanol–water partition coefficient (Wildman–Crippen LogP) is 3.51. The van der Waals surface area contributed by atoms with Crippen molar-refractivity contribution in [2.45, 2.75) is 6.54 Å². The highest BCUT2D eigenvalue weighted by Gasteiger charge is 2.15. The van der Waals surface area contributed by atoms with Crippen molar-refractivity contribution in [1.29, 1.82) is 0 Å². The average molecular weight is 374 g/mol. The second-order valence-corrected chi connectivity index (χ2v) is 6.65. The third-order valence-corrected chi connectivity index (χ3v) is 4.70. The SMILES string of the molecule is COc1ccc(/C=N\N2CCN(Cc3ccc(Cl)cc3)CC2)cc1OC. The number of methoxy groups -OCH3 is 2. The highest BCUT2D eigenvalue weighted by Crippen LogP contribution is 2.26. The molecule has 0 unspecified atom stereocenters. The molecule has 138 valence electrons. The summed E-state index contributed by atoms with van der Waals surface area (Å²) in [6.07, 6.45) is 1.87. The standard InChI is InChI=1S/C20H24ClN3O2/c1-25-19-8-5-17(13-20(19)26-2)14-22-24-11-9-23(10-12-24)15-16-3-6-18(21)7-4-16/h3-8,13-14H,9-12,15H2,1-2H3/b22-14-. The molecule has 0 spiro atoms. The molecule has 2 aromatic rings. The van der Waals surface area contributed by atoms with Crippen molar-refractivity contribution < 1.29 is 9.47 Å². The highest BCUT2D eigenvalue weighted by molar-refractivity contribution is 6.30. The van der Waals surface area contributed by atoms with Crippen molar-refractivity contribution in [2.24, 2.45) is 5.10 Å². The normalized spacial score (nSPS) is 15.4. The van der Waals surface area contributed by atoms with Gasteiger partial charge in [0.05, 0.1) is 20.4 Å². The van der Waals surface area contributed by atoms with Crippen molar-refractivity contribution in [2.75, 3.05) is 40.4 Å². The van der Waals surface area contributed by atoms with Gasteiger partial charge in [-0.25, -0.2) is 0 Å². The van der Waals surface area contributed by atoms with Crippen molar-refractivity contribution in [1.82, 2.24) is 9.91 Å². The van der Waals surface area contributed by atoms with Crippen LogP contribution in [0.4, 0.5) is 0 Å². The fraction of sp³-hybridized carbons (Fsp3) is 0.350. The van der Waals surface area contributed by atoms with Crippen LogP contribution in [-0.4, -0.2) is 56.5 Å². The van der Waals surface area contributed by atoms with Gasteiger partial charge in [-0.15, -0.1) is 0 Å². The maximum Gasteiger partial charge on any atom is 0.161 e. The van der Waals surface area contributed by atoms with Gasteiger partial charge in [0.2, 0.25) is 0 Å². The van der Waals surface area contributed by atoms with Crippen LogP contribution in [0.3, 0.4) is 0 Å². The minimum atomic E-state index is 0.712. The van der Waals surface area contributed by atoms with Crippen molar-refractivity contribution in [3.8, 4) is 11.5 Å². The van der Waals surface area contributed by atoms with E-state index in [1.54, 1.807) is 14.2 Å². The average Bonchev–Trinajstić information content (AvgIpc) is 2.69. The molecular formula is C20H24ClN3O2. The molecule has 0 N–H and O–H groups in total. The van der Waals surface area contributed by atoms with Gasteiger partial charge in [-0.3, -0.25) is 9.91 Å². The number of piperazine rings is 1. The Labute approximate surface area is 159 Å². The summed E-state index contributed by atoms with van der Waals surface area (Å²) >= 11 is 5.94. The monoisotopic (exact) mass is 373 g/mol. The maximum atomic E-state index is 5.94. The minimum absolute atomic E-state index is 0.712. The van der Waals surface area contributed by atoms with Crippen LogP contribution >= 0.6 is 11.6 Å². The number of rotatable bonds is 6. The molecule has 6 heteroatoms. The second kappa shape index (κ2) is 8.92. The molecule has 1 fully saturated rings. The molecular weight excluding hydrogens is 350 g/mol. The van der Waals surface area contributed by atoms with E-state index in [1.165, 1.54) is 5.56 Å². The Bertz CT molecular complexity index is 741. The summed E-state index contributed by atoms with van der Waals surface area (Å²) in [7, 11) is 3.27. The molecule has 3 rings (SSSR count). The quantitative estimate of drug-likeness (QED) is 0.726. The van der Waals surface area contributed by atoms with E-state index in [9.17, 15) is 0 Å². The van der Waals surface area contributed by atoms with Crippen LogP contribution in [0.15, 0.2) is 47.6 Å². The third kappa shape index (κ3) is 4.90. The Kier molecular flexibility index (Phi) is 6.36. The molecule has 0 saturated carbocycles. The van der Waals surface area contributed by atoms with E-state index in [0.29, 0.717) is 5.75 Å². The van der Waals surface area contributed by atoms with E-state index in [1.807, 2.05) is 36.5 Å². The molecule has 0 aliphatic carbocycles. The molecule has 1 aliphatic heterocycles. The molecule has 2 aromatic carbocycles. The van der Waals surface area contributed by atoms with Crippen LogP contribution in [0.25, 0.3) is 0 Å². The van der Waals surface area contributed by atoms with Crippen LogP contribution < -0.4 is 9.47 Å². The van der Waals surface area contributed by atoms with Gasteiger partial charge in [0, 0.05) is 37.7 Å². The van der Waals surface area contributed by atoms with E-state index in [0.717, 1.165) is 49.1 Å². The lowest BCUT2D eigenvalue weighted by atomic mass is 10.2. The lowest BCUT2D eigenvalue weighted by Crippen LogP contribution is -2.43. The van der Waals surface area contributed by atoms with Gasteiger partial charge in [0.25, 0.3) is 0 Å².